The van der Waals surface area contributed by atoms with Crippen LogP contribution in [0.1, 0.15) is 0 Å². The van der Waals surface area contributed by atoms with Crippen LogP contribution in [0.3, 0.4) is 0 Å². The number of rotatable bonds is 5. The van der Waals surface area contributed by atoms with Gasteiger partial charge in [-0.3, -0.25) is 4.79 Å². The summed E-state index contributed by atoms with van der Waals surface area (Å²) in [6.07, 6.45) is 0. The van der Waals surface area contributed by atoms with Gasteiger partial charge < -0.3 is 14.5 Å². The molecule has 6 heteroatoms. The number of hydrogen-bond acceptors (Lipinski definition) is 4. The molecular weight excluding hydrogens is 412 g/mol. The predicted octanol–water partition coefficient (Wildman–Crippen LogP) is 6.32. The summed E-state index contributed by atoms with van der Waals surface area (Å²) in [4.78, 5) is 16.8. The summed E-state index contributed by atoms with van der Waals surface area (Å²) in [5.74, 6) is 0.842. The van der Waals surface area contributed by atoms with E-state index in [0.29, 0.717) is 33.4 Å². The van der Waals surface area contributed by atoms with E-state index in [-0.39, 0.29) is 12.5 Å². The molecule has 0 aliphatic rings. The quantitative estimate of drug-likeness (QED) is 0.356. The van der Waals surface area contributed by atoms with E-state index in [2.05, 4.69) is 28.5 Å². The third-order valence-corrected chi connectivity index (χ3v) is 5.10. The largest absolute Gasteiger partial charge is 0.484 e. The van der Waals surface area contributed by atoms with E-state index in [4.69, 9.17) is 20.8 Å². The van der Waals surface area contributed by atoms with Crippen molar-refractivity contribution in [2.75, 3.05) is 11.9 Å². The number of nitrogens with one attached hydrogen (secondary N) is 1. The summed E-state index contributed by atoms with van der Waals surface area (Å²) in [5, 5.41) is 5.71. The third kappa shape index (κ3) is 4.22. The van der Waals surface area contributed by atoms with Gasteiger partial charge in [0.25, 0.3) is 5.91 Å². The molecule has 1 amide bonds. The predicted molar refractivity (Wildman–Crippen MR) is 123 cm³/mol. The molecule has 4 aromatic carbocycles. The Morgan fingerprint density at radius 3 is 2.58 bits per heavy atom. The highest BCUT2D eigenvalue weighted by molar-refractivity contribution is 6.30. The molecule has 0 atom stereocenters. The molecule has 0 bridgehead atoms. The van der Waals surface area contributed by atoms with Crippen molar-refractivity contribution in [2.45, 2.75) is 0 Å². The van der Waals surface area contributed by atoms with Crippen LogP contribution in [0.2, 0.25) is 5.02 Å². The fourth-order valence-corrected chi connectivity index (χ4v) is 3.45. The highest BCUT2D eigenvalue weighted by atomic mass is 35.5. The van der Waals surface area contributed by atoms with Gasteiger partial charge in [0.05, 0.1) is 0 Å². The Kier molecular flexibility index (Phi) is 5.02. The number of oxazole rings is 1. The molecule has 0 radical (unpaired) electrons. The van der Waals surface area contributed by atoms with Crippen LogP contribution in [0.25, 0.3) is 33.3 Å². The molecule has 31 heavy (non-hydrogen) atoms. The summed E-state index contributed by atoms with van der Waals surface area (Å²) < 4.78 is 11.4. The molecule has 0 saturated heterocycles. The minimum absolute atomic E-state index is 0.110. The zero-order valence-electron chi connectivity index (χ0n) is 16.3. The topological polar surface area (TPSA) is 64.4 Å². The summed E-state index contributed by atoms with van der Waals surface area (Å²) in [7, 11) is 0. The second kappa shape index (κ2) is 8.13. The summed E-state index contributed by atoms with van der Waals surface area (Å²) in [5.41, 5.74) is 2.84. The van der Waals surface area contributed by atoms with Crippen LogP contribution in [0, 0.1) is 0 Å². The van der Waals surface area contributed by atoms with E-state index in [9.17, 15) is 4.79 Å². The van der Waals surface area contributed by atoms with Crippen molar-refractivity contribution >= 4 is 45.1 Å². The van der Waals surface area contributed by atoms with Crippen molar-refractivity contribution in [2.24, 2.45) is 0 Å². The molecule has 0 spiro atoms. The molecular formula is C25H17ClN2O3. The van der Waals surface area contributed by atoms with Gasteiger partial charge in [0.15, 0.2) is 12.2 Å². The van der Waals surface area contributed by atoms with Crippen molar-refractivity contribution in [3.8, 4) is 17.2 Å². The minimum Gasteiger partial charge on any atom is -0.484 e. The molecule has 5 nitrogen and oxygen atoms in total. The Balaban J connectivity index is 1.31. The second-order valence-corrected chi connectivity index (χ2v) is 7.49. The zero-order valence-corrected chi connectivity index (χ0v) is 17.1. The first-order valence-corrected chi connectivity index (χ1v) is 10.1. The maximum atomic E-state index is 12.2. The summed E-state index contributed by atoms with van der Waals surface area (Å²) in [6, 6.07) is 26.4. The molecule has 0 unspecified atom stereocenters. The molecule has 0 fully saturated rings. The van der Waals surface area contributed by atoms with E-state index < -0.39 is 0 Å². The molecule has 152 valence electrons. The van der Waals surface area contributed by atoms with E-state index in [0.717, 1.165) is 16.3 Å². The Morgan fingerprint density at radius 1 is 0.935 bits per heavy atom. The average Bonchev–Trinajstić information content (AvgIpc) is 3.22. The number of anilines is 1. The average molecular weight is 429 g/mol. The minimum atomic E-state index is -0.271. The Hall–Kier alpha value is -3.83. The number of nitrogens with zero attached hydrogens (tertiary/aromatic N) is 1. The van der Waals surface area contributed by atoms with E-state index >= 15 is 0 Å². The van der Waals surface area contributed by atoms with Crippen molar-refractivity contribution < 1.29 is 13.9 Å². The lowest BCUT2D eigenvalue weighted by Crippen LogP contribution is -2.20. The standard InChI is InChI=1S/C25H17ClN2O3/c26-19-7-10-21(11-8-19)30-15-24(29)27-20-9-12-23-22(14-20)28-25(31-23)18-6-5-16-3-1-2-4-17(16)13-18/h1-14H,15H2,(H,27,29). The van der Waals surface area contributed by atoms with Crippen LogP contribution < -0.4 is 10.1 Å². The smallest absolute Gasteiger partial charge is 0.262 e. The maximum Gasteiger partial charge on any atom is 0.262 e. The van der Waals surface area contributed by atoms with Crippen LogP contribution in [-0.4, -0.2) is 17.5 Å². The fraction of sp³-hybridized carbons (Fsp3) is 0.0400. The molecule has 0 saturated carbocycles. The number of aromatic nitrogens is 1. The lowest BCUT2D eigenvalue weighted by atomic mass is 10.1. The number of benzene rings is 4. The zero-order chi connectivity index (χ0) is 21.2. The SMILES string of the molecule is O=C(COc1ccc(Cl)cc1)Nc1ccc2oc(-c3ccc4ccccc4c3)nc2c1. The van der Waals surface area contributed by atoms with Gasteiger partial charge in [-0.25, -0.2) is 4.98 Å². The van der Waals surface area contributed by atoms with E-state index in [1.807, 2.05) is 24.3 Å². The first-order chi connectivity index (χ1) is 15.1. The monoisotopic (exact) mass is 428 g/mol. The highest BCUT2D eigenvalue weighted by Crippen LogP contribution is 2.28. The van der Waals surface area contributed by atoms with Crippen molar-refractivity contribution in [3.63, 3.8) is 0 Å². The highest BCUT2D eigenvalue weighted by Gasteiger charge is 2.11. The van der Waals surface area contributed by atoms with Crippen LogP contribution in [0.5, 0.6) is 5.75 Å². The number of hydrogen-bond donors (Lipinski definition) is 1. The van der Waals surface area contributed by atoms with E-state index in [1.165, 1.54) is 0 Å². The van der Waals surface area contributed by atoms with Crippen molar-refractivity contribution in [1.29, 1.82) is 0 Å². The van der Waals surface area contributed by atoms with E-state index in [1.54, 1.807) is 42.5 Å². The molecule has 1 aromatic heterocycles. The van der Waals surface area contributed by atoms with Gasteiger partial charge in [0.2, 0.25) is 5.89 Å². The van der Waals surface area contributed by atoms with Crippen LogP contribution in [0.4, 0.5) is 5.69 Å². The normalized spacial score (nSPS) is 11.0. The Morgan fingerprint density at radius 2 is 1.74 bits per heavy atom. The van der Waals surface area contributed by atoms with Gasteiger partial charge in [-0.2, -0.15) is 0 Å². The van der Waals surface area contributed by atoms with Crippen molar-refractivity contribution in [3.05, 3.63) is 90.0 Å². The van der Waals surface area contributed by atoms with Gasteiger partial charge in [-0.05, 0) is 65.4 Å². The van der Waals surface area contributed by atoms with Gasteiger partial charge in [0.1, 0.15) is 11.3 Å². The van der Waals surface area contributed by atoms with Gasteiger partial charge >= 0.3 is 0 Å². The molecule has 0 aliphatic heterocycles. The molecule has 0 aliphatic carbocycles. The number of fused-ring (bicyclic) bond motifs is 2. The molecule has 5 rings (SSSR count). The number of amides is 1. The summed E-state index contributed by atoms with van der Waals surface area (Å²) >= 11 is 5.85. The van der Waals surface area contributed by atoms with Crippen molar-refractivity contribution in [1.82, 2.24) is 4.98 Å². The third-order valence-electron chi connectivity index (χ3n) is 4.85. The number of ether oxygens (including phenoxy) is 1. The Labute approximate surface area is 183 Å². The first-order valence-electron chi connectivity index (χ1n) is 9.72. The number of halogens is 1. The molecule has 5 aromatic rings. The van der Waals surface area contributed by atoms with Gasteiger partial charge in [-0.1, -0.05) is 41.9 Å². The van der Waals surface area contributed by atoms with Crippen LogP contribution in [0.15, 0.2) is 89.3 Å². The van der Waals surface area contributed by atoms with Crippen LogP contribution >= 0.6 is 11.6 Å². The number of carbonyl (C=O) groups excluding carboxylic acids is 1. The Bertz CT molecular complexity index is 1390. The number of carbonyl (C=O) groups is 1. The lowest BCUT2D eigenvalue weighted by Gasteiger charge is -2.07. The second-order valence-electron chi connectivity index (χ2n) is 7.05. The van der Waals surface area contributed by atoms with Gasteiger partial charge in [0, 0.05) is 16.3 Å². The maximum absolute atomic E-state index is 12.2. The molecule has 1 heterocycles. The summed E-state index contributed by atoms with van der Waals surface area (Å²) in [6.45, 7) is -0.110. The lowest BCUT2D eigenvalue weighted by molar-refractivity contribution is -0.118. The fourth-order valence-electron chi connectivity index (χ4n) is 3.33. The molecule has 1 N–H and O–H groups in total. The van der Waals surface area contributed by atoms with Crippen LogP contribution in [-0.2, 0) is 4.79 Å². The van der Waals surface area contributed by atoms with Gasteiger partial charge in [-0.15, -0.1) is 0 Å². The first kappa shape index (κ1) is 19.2.